The third-order valence-corrected chi connectivity index (χ3v) is 0. The molecule has 0 atom stereocenters. The molecule has 0 rings (SSSR count). The van der Waals surface area contributed by atoms with Crippen molar-refractivity contribution >= 4 is 0 Å². The van der Waals surface area contributed by atoms with Gasteiger partial charge in [-0.2, -0.15) is 0 Å². The van der Waals surface area contributed by atoms with Crippen LogP contribution in [0.5, 0.6) is 0 Å². The molecule has 0 saturated carbocycles. The molecule has 0 aromatic heterocycles. The first-order chi connectivity index (χ1) is 1.41. The Morgan fingerprint density at radius 3 is 1.40 bits per heavy atom. The van der Waals surface area contributed by atoms with E-state index >= 15 is 0 Å². The van der Waals surface area contributed by atoms with Gasteiger partial charge in [0.15, 0.2) is 5.34 Å². The summed E-state index contributed by atoms with van der Waals surface area (Å²) >= 11 is 0. The van der Waals surface area contributed by atoms with Crippen molar-refractivity contribution in [1.82, 2.24) is 0 Å². The van der Waals surface area contributed by atoms with Crippen LogP contribution in [0.3, 0.4) is 0 Å². The quantitative estimate of drug-likeness (QED) is 0.325. The molecule has 0 heterocycles. The largest absolute Gasteiger partial charge is 0.379 e. The first-order valence-electron chi connectivity index (χ1n) is 0.383. The average Bonchev–Trinajstić information content (AvgIpc) is 0.918. The smallest absolute Gasteiger partial charge is 0.152 e. The molecule has 22 valence electrons. The standard InChI is InChI=1S/HNO2.2Zn/c2-1-3;;/h(H,2,3);;. The zero-order valence-corrected chi connectivity index (χ0v) is 8.65. The SMILES string of the molecule is O=NO.[Zn].[Zn]. The maximum absolute atomic E-state index is 8.11. The summed E-state index contributed by atoms with van der Waals surface area (Å²) in [6.45, 7) is 0. The Hall–Kier alpha value is 0.647. The van der Waals surface area contributed by atoms with Gasteiger partial charge < -0.3 is 5.21 Å². The van der Waals surface area contributed by atoms with Crippen LogP contribution >= 0.6 is 0 Å². The molecule has 5 heavy (non-hydrogen) atoms. The number of hydrogen-bond acceptors (Lipinski definition) is 2. The van der Waals surface area contributed by atoms with E-state index in [4.69, 9.17) is 10.1 Å². The molecule has 3 nitrogen and oxygen atoms in total. The Morgan fingerprint density at radius 2 is 1.40 bits per heavy atom. The van der Waals surface area contributed by atoms with Gasteiger partial charge in [0.2, 0.25) is 0 Å². The summed E-state index contributed by atoms with van der Waals surface area (Å²) in [4.78, 5) is 8.11. The third-order valence-electron chi connectivity index (χ3n) is 0. The van der Waals surface area contributed by atoms with E-state index in [9.17, 15) is 0 Å². The minimum atomic E-state index is 0. The van der Waals surface area contributed by atoms with Crippen LogP contribution < -0.4 is 0 Å². The van der Waals surface area contributed by atoms with Gasteiger partial charge in [0.1, 0.15) is 0 Å². The van der Waals surface area contributed by atoms with Crippen molar-refractivity contribution in [1.29, 1.82) is 0 Å². The minimum absolute atomic E-state index is 0. The summed E-state index contributed by atoms with van der Waals surface area (Å²) in [5.74, 6) is 0. The number of hydrogen-bond donors (Lipinski definition) is 1. The van der Waals surface area contributed by atoms with Crippen LogP contribution in [0.25, 0.3) is 0 Å². The van der Waals surface area contributed by atoms with Crippen molar-refractivity contribution in [3.8, 4) is 0 Å². The van der Waals surface area contributed by atoms with Crippen LogP contribution in [0.1, 0.15) is 0 Å². The number of rotatable bonds is 0. The summed E-state index contributed by atoms with van der Waals surface area (Å²) in [5, 5.41) is 7.89. The minimum Gasteiger partial charge on any atom is -0.379 e. The molecule has 0 radical (unpaired) electrons. The Labute approximate surface area is 54.6 Å². The summed E-state index contributed by atoms with van der Waals surface area (Å²) in [5.41, 5.74) is 0. The van der Waals surface area contributed by atoms with Crippen LogP contribution in [-0.2, 0) is 39.0 Å². The molecular weight excluding hydrogens is 177 g/mol. The van der Waals surface area contributed by atoms with E-state index in [1.807, 2.05) is 0 Å². The van der Waals surface area contributed by atoms with Crippen LogP contribution in [-0.4, -0.2) is 5.21 Å². The van der Waals surface area contributed by atoms with Gasteiger partial charge in [-0.3, -0.25) is 0 Å². The summed E-state index contributed by atoms with van der Waals surface area (Å²) in [6, 6.07) is 0. The van der Waals surface area contributed by atoms with E-state index in [1.165, 1.54) is 5.34 Å². The van der Waals surface area contributed by atoms with E-state index in [1.54, 1.807) is 0 Å². The van der Waals surface area contributed by atoms with E-state index in [0.717, 1.165) is 0 Å². The maximum atomic E-state index is 8.11. The molecule has 5 heteroatoms. The van der Waals surface area contributed by atoms with Gasteiger partial charge in [-0.1, -0.05) is 0 Å². The Balaban J connectivity index is -0.0000000200. The molecule has 0 amide bonds. The zero-order valence-electron chi connectivity index (χ0n) is 2.72. The molecule has 1 N–H and O–H groups in total. The zero-order chi connectivity index (χ0) is 2.71. The van der Waals surface area contributed by atoms with Gasteiger partial charge in [-0.15, -0.1) is 4.91 Å². The molecular formula is HNO2Zn2. The van der Waals surface area contributed by atoms with E-state index in [0.29, 0.717) is 0 Å². The normalized spacial score (nSPS) is 2.40. The molecule has 0 spiro atoms. The predicted molar refractivity (Wildman–Crippen MR) is 7.58 cm³/mol. The summed E-state index contributed by atoms with van der Waals surface area (Å²) in [6.07, 6.45) is 0. The monoisotopic (exact) mass is 175 g/mol. The predicted octanol–water partition coefficient (Wildman–Crippen LogP) is 0.137. The van der Waals surface area contributed by atoms with Gasteiger partial charge in [-0.05, 0) is 0 Å². The fourth-order valence-corrected chi connectivity index (χ4v) is 0. The molecule has 0 aliphatic rings. The second-order valence-corrected chi connectivity index (χ2v) is 0.0816. The van der Waals surface area contributed by atoms with E-state index in [2.05, 4.69) is 0 Å². The van der Waals surface area contributed by atoms with Crippen LogP contribution in [0.2, 0.25) is 0 Å². The van der Waals surface area contributed by atoms with Crippen LogP contribution in [0, 0.1) is 4.91 Å². The molecule has 0 unspecified atom stereocenters. The van der Waals surface area contributed by atoms with E-state index < -0.39 is 0 Å². The van der Waals surface area contributed by atoms with Gasteiger partial charge in [0, 0.05) is 39.0 Å². The fraction of sp³-hybridized carbons (Fsp3) is 0. The molecule has 0 aliphatic heterocycles. The fourth-order valence-electron chi connectivity index (χ4n) is 0. The van der Waals surface area contributed by atoms with Crippen molar-refractivity contribution < 1.29 is 44.2 Å². The number of nitrogens with zero attached hydrogens (tertiary/aromatic N) is 1. The first-order valence-corrected chi connectivity index (χ1v) is 0.383. The van der Waals surface area contributed by atoms with Gasteiger partial charge in [0.25, 0.3) is 0 Å². The molecule has 0 saturated heterocycles. The van der Waals surface area contributed by atoms with Crippen molar-refractivity contribution in [3.63, 3.8) is 0 Å². The van der Waals surface area contributed by atoms with Gasteiger partial charge in [-0.25, -0.2) is 0 Å². The second kappa shape index (κ2) is 22.8. The van der Waals surface area contributed by atoms with E-state index in [-0.39, 0.29) is 39.0 Å². The van der Waals surface area contributed by atoms with Crippen LogP contribution in [0.4, 0.5) is 0 Å². The first kappa shape index (κ1) is 17.4. The molecule has 0 aromatic rings. The molecule has 0 aliphatic carbocycles. The Kier molecular flexibility index (Phi) is 79.3. The van der Waals surface area contributed by atoms with Gasteiger partial charge in [0.05, 0.1) is 0 Å². The Bertz CT molecular complexity index is 15.1. The molecule has 0 fully saturated rings. The second-order valence-electron chi connectivity index (χ2n) is 0.0816. The van der Waals surface area contributed by atoms with Crippen LogP contribution in [0.15, 0.2) is 5.34 Å². The average molecular weight is 178 g/mol. The van der Waals surface area contributed by atoms with Crippen molar-refractivity contribution in [2.24, 2.45) is 5.34 Å². The summed E-state index contributed by atoms with van der Waals surface area (Å²) < 4.78 is 0. The third kappa shape index (κ3) is 77.8. The maximum Gasteiger partial charge on any atom is 0.152 e. The van der Waals surface area contributed by atoms with Crippen molar-refractivity contribution in [2.45, 2.75) is 0 Å². The summed E-state index contributed by atoms with van der Waals surface area (Å²) in [7, 11) is 0. The van der Waals surface area contributed by atoms with Crippen molar-refractivity contribution in [2.75, 3.05) is 0 Å². The van der Waals surface area contributed by atoms with Crippen molar-refractivity contribution in [3.05, 3.63) is 4.91 Å². The molecule has 0 aromatic carbocycles. The van der Waals surface area contributed by atoms with Gasteiger partial charge >= 0.3 is 0 Å². The Morgan fingerprint density at radius 1 is 1.40 bits per heavy atom. The molecule has 0 bridgehead atoms. The topological polar surface area (TPSA) is 49.7 Å².